The van der Waals surface area contributed by atoms with Crippen molar-refractivity contribution >= 4 is 12.4 Å². The van der Waals surface area contributed by atoms with Crippen molar-refractivity contribution in [3.8, 4) is 0 Å². The highest BCUT2D eigenvalue weighted by Gasteiger charge is 2.42. The standard InChI is InChI=1S/C12H15F2N.ClH/c1-9-4-2-5-10(8-9)11-12(13,14)6-3-7-15-11;/h2,4-5,8,11,15H,3,6-7H2,1H3;1H. The van der Waals surface area contributed by atoms with E-state index >= 15 is 0 Å². The monoisotopic (exact) mass is 247 g/mol. The van der Waals surface area contributed by atoms with E-state index in [9.17, 15) is 8.78 Å². The number of alkyl halides is 2. The smallest absolute Gasteiger partial charge is 0.267 e. The van der Waals surface area contributed by atoms with E-state index in [4.69, 9.17) is 0 Å². The van der Waals surface area contributed by atoms with E-state index in [-0.39, 0.29) is 18.8 Å². The van der Waals surface area contributed by atoms with E-state index in [0.29, 0.717) is 18.5 Å². The van der Waals surface area contributed by atoms with Gasteiger partial charge in [-0.3, -0.25) is 0 Å². The number of nitrogens with one attached hydrogen (secondary N) is 1. The maximum Gasteiger partial charge on any atom is 0.267 e. The van der Waals surface area contributed by atoms with Crippen molar-refractivity contribution in [1.82, 2.24) is 5.32 Å². The Kier molecular flexibility index (Phi) is 4.28. The summed E-state index contributed by atoms with van der Waals surface area (Å²) in [6.07, 6.45) is 0.536. The van der Waals surface area contributed by atoms with Gasteiger partial charge in [0.05, 0.1) is 6.04 Å². The first kappa shape index (κ1) is 13.4. The predicted molar refractivity (Wildman–Crippen MR) is 63.4 cm³/mol. The normalized spacial score (nSPS) is 23.6. The molecule has 1 aliphatic rings. The second-order valence-corrected chi connectivity index (χ2v) is 4.17. The number of hydrogen-bond donors (Lipinski definition) is 1. The molecule has 0 amide bonds. The van der Waals surface area contributed by atoms with Gasteiger partial charge in [-0.1, -0.05) is 29.8 Å². The third kappa shape index (κ3) is 2.71. The maximum absolute atomic E-state index is 13.6. The van der Waals surface area contributed by atoms with E-state index in [1.165, 1.54) is 0 Å². The molecule has 0 spiro atoms. The molecule has 1 N–H and O–H groups in total. The van der Waals surface area contributed by atoms with E-state index < -0.39 is 12.0 Å². The largest absolute Gasteiger partial charge is 0.305 e. The maximum atomic E-state index is 13.6. The summed E-state index contributed by atoms with van der Waals surface area (Å²) in [6, 6.07) is 6.54. The molecule has 1 aliphatic heterocycles. The Hall–Kier alpha value is -0.670. The fourth-order valence-corrected chi connectivity index (χ4v) is 2.08. The number of aryl methyl sites for hydroxylation is 1. The molecule has 1 nitrogen and oxygen atoms in total. The van der Waals surface area contributed by atoms with Crippen molar-refractivity contribution in [1.29, 1.82) is 0 Å². The summed E-state index contributed by atoms with van der Waals surface area (Å²) in [7, 11) is 0. The topological polar surface area (TPSA) is 12.0 Å². The molecule has 1 unspecified atom stereocenters. The summed E-state index contributed by atoms with van der Waals surface area (Å²) in [5.74, 6) is -2.62. The second-order valence-electron chi connectivity index (χ2n) is 4.17. The molecule has 2 rings (SSSR count). The average Bonchev–Trinajstić information content (AvgIpc) is 2.17. The van der Waals surface area contributed by atoms with Gasteiger partial charge < -0.3 is 5.32 Å². The second kappa shape index (κ2) is 5.11. The van der Waals surface area contributed by atoms with Crippen LogP contribution < -0.4 is 5.32 Å². The van der Waals surface area contributed by atoms with Crippen LogP contribution in [0.1, 0.15) is 30.0 Å². The van der Waals surface area contributed by atoms with Gasteiger partial charge in [-0.05, 0) is 25.5 Å². The number of piperidine rings is 1. The van der Waals surface area contributed by atoms with E-state index in [1.54, 1.807) is 6.07 Å². The molecule has 1 aromatic carbocycles. The summed E-state index contributed by atoms with van der Waals surface area (Å²) >= 11 is 0. The van der Waals surface area contributed by atoms with Crippen LogP contribution in [-0.4, -0.2) is 12.5 Å². The van der Waals surface area contributed by atoms with Gasteiger partial charge in [-0.15, -0.1) is 12.4 Å². The third-order valence-electron chi connectivity index (χ3n) is 2.83. The number of rotatable bonds is 1. The fraction of sp³-hybridized carbons (Fsp3) is 0.500. The minimum Gasteiger partial charge on any atom is -0.305 e. The molecule has 1 aromatic rings. The third-order valence-corrected chi connectivity index (χ3v) is 2.83. The molecular weight excluding hydrogens is 232 g/mol. The quantitative estimate of drug-likeness (QED) is 0.801. The van der Waals surface area contributed by atoms with Gasteiger partial charge in [0, 0.05) is 6.42 Å². The zero-order valence-electron chi connectivity index (χ0n) is 9.17. The van der Waals surface area contributed by atoms with Gasteiger partial charge >= 0.3 is 0 Å². The van der Waals surface area contributed by atoms with Gasteiger partial charge in [-0.25, -0.2) is 8.78 Å². The van der Waals surface area contributed by atoms with E-state index in [2.05, 4.69) is 5.32 Å². The summed E-state index contributed by atoms with van der Waals surface area (Å²) in [4.78, 5) is 0. The lowest BCUT2D eigenvalue weighted by Crippen LogP contribution is -2.42. The van der Waals surface area contributed by atoms with Crippen LogP contribution >= 0.6 is 12.4 Å². The Morgan fingerprint density at radius 3 is 2.75 bits per heavy atom. The summed E-state index contributed by atoms with van der Waals surface area (Å²) in [5, 5.41) is 2.90. The molecule has 4 heteroatoms. The van der Waals surface area contributed by atoms with Crippen molar-refractivity contribution in [3.05, 3.63) is 35.4 Å². The zero-order chi connectivity index (χ0) is 10.9. The lowest BCUT2D eigenvalue weighted by atomic mass is 9.93. The molecule has 0 aromatic heterocycles. The number of hydrogen-bond acceptors (Lipinski definition) is 1. The summed E-state index contributed by atoms with van der Waals surface area (Å²) in [5.41, 5.74) is 1.72. The molecular formula is C12H16ClF2N. The van der Waals surface area contributed by atoms with Gasteiger partial charge in [0.2, 0.25) is 0 Å². The highest BCUT2D eigenvalue weighted by molar-refractivity contribution is 5.85. The Balaban J connectivity index is 0.00000128. The van der Waals surface area contributed by atoms with Crippen molar-refractivity contribution in [2.24, 2.45) is 0 Å². The SMILES string of the molecule is Cc1cccc(C2NCCCC2(F)F)c1.Cl. The van der Waals surface area contributed by atoms with E-state index in [1.807, 2.05) is 25.1 Å². The molecule has 90 valence electrons. The van der Waals surface area contributed by atoms with Crippen LogP contribution in [0.25, 0.3) is 0 Å². The molecule has 1 heterocycles. The molecule has 0 aliphatic carbocycles. The number of halogens is 3. The van der Waals surface area contributed by atoms with E-state index in [0.717, 1.165) is 5.56 Å². The lowest BCUT2D eigenvalue weighted by molar-refractivity contribution is -0.0619. The van der Waals surface area contributed by atoms with Crippen molar-refractivity contribution < 1.29 is 8.78 Å². The fourth-order valence-electron chi connectivity index (χ4n) is 2.08. The molecule has 0 radical (unpaired) electrons. The minimum absolute atomic E-state index is 0. The van der Waals surface area contributed by atoms with Crippen LogP contribution in [0.5, 0.6) is 0 Å². The Bertz CT molecular complexity index is 355. The van der Waals surface area contributed by atoms with Gasteiger partial charge in [0.1, 0.15) is 0 Å². The first-order chi connectivity index (χ1) is 7.09. The minimum atomic E-state index is -2.62. The predicted octanol–water partition coefficient (Wildman–Crippen LogP) is 3.48. The molecule has 1 atom stereocenters. The van der Waals surface area contributed by atoms with Crippen LogP contribution in [0.3, 0.4) is 0 Å². The Morgan fingerprint density at radius 1 is 1.38 bits per heavy atom. The molecule has 1 fully saturated rings. The van der Waals surface area contributed by atoms with Crippen LogP contribution in [0.4, 0.5) is 8.78 Å². The van der Waals surface area contributed by atoms with Crippen molar-refractivity contribution in [2.75, 3.05) is 6.54 Å². The average molecular weight is 248 g/mol. The highest BCUT2D eigenvalue weighted by atomic mass is 35.5. The van der Waals surface area contributed by atoms with Gasteiger partial charge in [-0.2, -0.15) is 0 Å². The van der Waals surface area contributed by atoms with Gasteiger partial charge in [0.25, 0.3) is 5.92 Å². The Morgan fingerprint density at radius 2 is 2.12 bits per heavy atom. The summed E-state index contributed by atoms with van der Waals surface area (Å²) in [6.45, 7) is 2.60. The van der Waals surface area contributed by atoms with Crippen molar-refractivity contribution in [3.63, 3.8) is 0 Å². The Labute approximate surface area is 101 Å². The highest BCUT2D eigenvalue weighted by Crippen LogP contribution is 2.37. The first-order valence-electron chi connectivity index (χ1n) is 5.27. The molecule has 16 heavy (non-hydrogen) atoms. The van der Waals surface area contributed by atoms with Crippen LogP contribution in [0.15, 0.2) is 24.3 Å². The zero-order valence-corrected chi connectivity index (χ0v) is 9.99. The van der Waals surface area contributed by atoms with Crippen LogP contribution in [-0.2, 0) is 0 Å². The van der Waals surface area contributed by atoms with Crippen LogP contribution in [0.2, 0.25) is 0 Å². The summed E-state index contributed by atoms with van der Waals surface area (Å²) < 4.78 is 27.2. The molecule has 1 saturated heterocycles. The molecule has 0 saturated carbocycles. The van der Waals surface area contributed by atoms with Gasteiger partial charge in [0.15, 0.2) is 0 Å². The van der Waals surface area contributed by atoms with Crippen LogP contribution in [0, 0.1) is 6.92 Å². The lowest BCUT2D eigenvalue weighted by Gasteiger charge is -2.32. The first-order valence-corrected chi connectivity index (χ1v) is 5.27. The number of benzene rings is 1. The molecule has 0 bridgehead atoms. The van der Waals surface area contributed by atoms with Crippen molar-refractivity contribution in [2.45, 2.75) is 31.7 Å².